The lowest BCUT2D eigenvalue weighted by atomic mass is 10.2. The number of aromatic nitrogens is 2. The summed E-state index contributed by atoms with van der Waals surface area (Å²) < 4.78 is 5.04. The second kappa shape index (κ2) is 7.17. The van der Waals surface area contributed by atoms with Gasteiger partial charge in [0, 0.05) is 11.4 Å². The van der Waals surface area contributed by atoms with E-state index in [1.807, 2.05) is 17.5 Å². The van der Waals surface area contributed by atoms with E-state index in [1.165, 1.54) is 0 Å². The quantitative estimate of drug-likeness (QED) is 0.890. The molecule has 0 unspecified atom stereocenters. The van der Waals surface area contributed by atoms with Crippen LogP contribution < -0.4 is 10.1 Å². The van der Waals surface area contributed by atoms with Crippen LogP contribution in [0.4, 0.5) is 0 Å². The van der Waals surface area contributed by atoms with Crippen LogP contribution in [0.1, 0.15) is 36.2 Å². The van der Waals surface area contributed by atoms with Crippen LogP contribution in [-0.2, 0) is 17.8 Å². The summed E-state index contributed by atoms with van der Waals surface area (Å²) in [6, 6.07) is 5.39. The van der Waals surface area contributed by atoms with Gasteiger partial charge in [-0.25, -0.2) is 9.97 Å². The second-order valence-electron chi connectivity index (χ2n) is 4.95. The first-order chi connectivity index (χ1) is 10.1. The maximum Gasteiger partial charge on any atom is 0.226 e. The molecule has 0 aliphatic rings. The molecule has 1 N–H and O–H groups in total. The normalized spacial score (nSPS) is 10.7. The summed E-state index contributed by atoms with van der Waals surface area (Å²) in [6.45, 7) is 4.66. The molecule has 0 aromatic carbocycles. The molecule has 0 aliphatic carbocycles. The van der Waals surface area contributed by atoms with Crippen molar-refractivity contribution in [2.24, 2.45) is 0 Å². The van der Waals surface area contributed by atoms with Gasteiger partial charge in [-0.2, -0.15) is 0 Å². The summed E-state index contributed by atoms with van der Waals surface area (Å²) >= 11 is 1.57. The molecular weight excluding hydrogens is 286 g/mol. The van der Waals surface area contributed by atoms with Gasteiger partial charge in [0.05, 0.1) is 31.5 Å². The minimum Gasteiger partial charge on any atom is -0.481 e. The number of carbonyl (C=O) groups is 1. The monoisotopic (exact) mass is 305 g/mol. The Labute approximate surface area is 128 Å². The number of nitrogens with zero attached hydrogens (tertiary/aromatic N) is 2. The van der Waals surface area contributed by atoms with E-state index in [0.29, 0.717) is 24.0 Å². The van der Waals surface area contributed by atoms with Crippen molar-refractivity contribution in [1.29, 1.82) is 0 Å². The third kappa shape index (κ3) is 4.53. The molecule has 5 nitrogen and oxygen atoms in total. The molecule has 0 radical (unpaired) electrons. The molecule has 0 fully saturated rings. The lowest BCUT2D eigenvalue weighted by molar-refractivity contribution is -0.120. The molecule has 0 bridgehead atoms. The van der Waals surface area contributed by atoms with E-state index >= 15 is 0 Å². The highest BCUT2D eigenvalue weighted by molar-refractivity contribution is 7.09. The molecule has 6 heteroatoms. The van der Waals surface area contributed by atoms with Gasteiger partial charge in [0.1, 0.15) is 5.01 Å². The minimum absolute atomic E-state index is 0.0722. The SMILES string of the molecule is COc1cccc(CC(=O)NCc2nc(C(C)C)cs2)n1. The molecule has 1 amide bonds. The molecule has 0 spiro atoms. The Hall–Kier alpha value is -1.95. The summed E-state index contributed by atoms with van der Waals surface area (Å²) in [7, 11) is 1.56. The molecule has 0 atom stereocenters. The number of rotatable bonds is 6. The summed E-state index contributed by atoms with van der Waals surface area (Å²) in [5.74, 6) is 0.852. The number of amides is 1. The smallest absolute Gasteiger partial charge is 0.226 e. The van der Waals surface area contributed by atoms with Crippen molar-refractivity contribution < 1.29 is 9.53 Å². The Balaban J connectivity index is 1.86. The maximum absolute atomic E-state index is 11.9. The Morgan fingerprint density at radius 3 is 2.86 bits per heavy atom. The van der Waals surface area contributed by atoms with Crippen molar-refractivity contribution in [2.75, 3.05) is 7.11 Å². The zero-order valence-corrected chi connectivity index (χ0v) is 13.2. The molecular formula is C15H19N3O2S. The molecule has 2 heterocycles. The van der Waals surface area contributed by atoms with Crippen molar-refractivity contribution in [3.63, 3.8) is 0 Å². The topological polar surface area (TPSA) is 64.1 Å². The molecule has 2 aromatic heterocycles. The molecule has 2 aromatic rings. The predicted molar refractivity (Wildman–Crippen MR) is 82.5 cm³/mol. The standard InChI is InChI=1S/C15H19N3O2S/c1-10(2)12-9-21-15(18-12)8-16-13(19)7-11-5-4-6-14(17-11)20-3/h4-6,9-10H,7-8H2,1-3H3,(H,16,19). The third-order valence-corrected chi connectivity index (χ3v) is 3.80. The number of methoxy groups -OCH3 is 1. The van der Waals surface area contributed by atoms with Gasteiger partial charge in [-0.05, 0) is 12.0 Å². The van der Waals surface area contributed by atoms with Crippen molar-refractivity contribution in [3.8, 4) is 5.88 Å². The van der Waals surface area contributed by atoms with E-state index < -0.39 is 0 Å². The molecule has 0 saturated heterocycles. The van der Waals surface area contributed by atoms with Crippen LogP contribution in [0.5, 0.6) is 5.88 Å². The Morgan fingerprint density at radius 1 is 1.38 bits per heavy atom. The number of ether oxygens (including phenoxy) is 1. The molecule has 21 heavy (non-hydrogen) atoms. The summed E-state index contributed by atoms with van der Waals surface area (Å²) in [5, 5.41) is 5.82. The first kappa shape index (κ1) is 15.4. The predicted octanol–water partition coefficient (Wildman–Crippen LogP) is 2.53. The average Bonchev–Trinajstić information content (AvgIpc) is 2.94. The van der Waals surface area contributed by atoms with Crippen LogP contribution in [0.25, 0.3) is 0 Å². The molecule has 2 rings (SSSR count). The summed E-state index contributed by atoms with van der Waals surface area (Å²) in [4.78, 5) is 20.6. The number of carbonyl (C=O) groups excluding carboxylic acids is 1. The zero-order chi connectivity index (χ0) is 15.2. The lowest BCUT2D eigenvalue weighted by Crippen LogP contribution is -2.24. The van der Waals surface area contributed by atoms with Gasteiger partial charge in [0.25, 0.3) is 0 Å². The summed E-state index contributed by atoms with van der Waals surface area (Å²) in [6.07, 6.45) is 0.236. The highest BCUT2D eigenvalue weighted by Gasteiger charge is 2.09. The number of hydrogen-bond donors (Lipinski definition) is 1. The van der Waals surface area contributed by atoms with E-state index in [9.17, 15) is 4.79 Å². The van der Waals surface area contributed by atoms with Crippen LogP contribution in [0.15, 0.2) is 23.6 Å². The van der Waals surface area contributed by atoms with Gasteiger partial charge in [-0.3, -0.25) is 4.79 Å². The average molecular weight is 305 g/mol. The van der Waals surface area contributed by atoms with Crippen molar-refractivity contribution in [1.82, 2.24) is 15.3 Å². The lowest BCUT2D eigenvalue weighted by Gasteiger charge is -2.04. The third-order valence-electron chi connectivity index (χ3n) is 2.93. The van der Waals surface area contributed by atoms with Crippen molar-refractivity contribution >= 4 is 17.2 Å². The largest absolute Gasteiger partial charge is 0.481 e. The molecule has 0 saturated carbocycles. The van der Waals surface area contributed by atoms with E-state index in [-0.39, 0.29) is 12.3 Å². The van der Waals surface area contributed by atoms with Gasteiger partial charge in [-0.15, -0.1) is 11.3 Å². The fourth-order valence-electron chi connectivity index (χ4n) is 1.74. The zero-order valence-electron chi connectivity index (χ0n) is 12.4. The van der Waals surface area contributed by atoms with E-state index in [1.54, 1.807) is 24.5 Å². The highest BCUT2D eigenvalue weighted by Crippen LogP contribution is 2.17. The van der Waals surface area contributed by atoms with Crippen LogP contribution in [0.3, 0.4) is 0 Å². The van der Waals surface area contributed by atoms with Gasteiger partial charge in [0.15, 0.2) is 0 Å². The van der Waals surface area contributed by atoms with Crippen LogP contribution in [0.2, 0.25) is 0 Å². The van der Waals surface area contributed by atoms with Gasteiger partial charge >= 0.3 is 0 Å². The Kier molecular flexibility index (Phi) is 5.27. The Bertz CT molecular complexity index is 610. The first-order valence-electron chi connectivity index (χ1n) is 6.79. The fraction of sp³-hybridized carbons (Fsp3) is 0.400. The summed E-state index contributed by atoms with van der Waals surface area (Å²) in [5.41, 5.74) is 1.76. The van der Waals surface area contributed by atoms with E-state index in [2.05, 4.69) is 29.1 Å². The molecule has 0 aliphatic heterocycles. The minimum atomic E-state index is -0.0722. The van der Waals surface area contributed by atoms with E-state index in [0.717, 1.165) is 10.7 Å². The number of pyridine rings is 1. The van der Waals surface area contributed by atoms with E-state index in [4.69, 9.17) is 4.74 Å². The Morgan fingerprint density at radius 2 is 2.19 bits per heavy atom. The van der Waals surface area contributed by atoms with Gasteiger partial charge in [0.2, 0.25) is 11.8 Å². The number of hydrogen-bond acceptors (Lipinski definition) is 5. The maximum atomic E-state index is 11.9. The first-order valence-corrected chi connectivity index (χ1v) is 7.67. The molecule has 112 valence electrons. The number of nitrogens with one attached hydrogen (secondary N) is 1. The highest BCUT2D eigenvalue weighted by atomic mass is 32.1. The fourth-order valence-corrected chi connectivity index (χ4v) is 2.64. The van der Waals surface area contributed by atoms with Crippen molar-refractivity contribution in [2.45, 2.75) is 32.7 Å². The van der Waals surface area contributed by atoms with Crippen LogP contribution in [0, 0.1) is 0 Å². The van der Waals surface area contributed by atoms with Gasteiger partial charge in [-0.1, -0.05) is 19.9 Å². The number of thiazole rings is 1. The van der Waals surface area contributed by atoms with Crippen LogP contribution >= 0.6 is 11.3 Å². The van der Waals surface area contributed by atoms with Crippen molar-refractivity contribution in [3.05, 3.63) is 40.0 Å². The second-order valence-corrected chi connectivity index (χ2v) is 5.89. The van der Waals surface area contributed by atoms with Gasteiger partial charge < -0.3 is 10.1 Å². The van der Waals surface area contributed by atoms with Crippen LogP contribution in [-0.4, -0.2) is 23.0 Å².